The van der Waals surface area contributed by atoms with Gasteiger partial charge in [-0.05, 0) is 37.1 Å². The molecule has 8 heteroatoms. The van der Waals surface area contributed by atoms with Crippen LogP contribution >= 0.6 is 0 Å². The molecule has 2 saturated heterocycles. The molecule has 4 amide bonds. The van der Waals surface area contributed by atoms with Crippen molar-refractivity contribution in [3.63, 3.8) is 0 Å². The molecule has 0 saturated carbocycles. The van der Waals surface area contributed by atoms with E-state index in [0.717, 1.165) is 30.8 Å². The smallest absolute Gasteiger partial charge is 0.324 e. The van der Waals surface area contributed by atoms with Gasteiger partial charge in [0.15, 0.2) is 0 Å². The fraction of sp³-hybridized carbons (Fsp3) is 0.400. The number of carbonyl (C=O) groups excluding carboxylic acids is 2. The molecule has 2 fully saturated rings. The van der Waals surface area contributed by atoms with Gasteiger partial charge in [0.1, 0.15) is 6.33 Å². The number of likely N-dealkylation sites (tertiary alicyclic amines) is 1. The highest BCUT2D eigenvalue weighted by Crippen LogP contribution is 2.27. The molecule has 1 aromatic heterocycles. The lowest BCUT2D eigenvalue weighted by Crippen LogP contribution is -2.41. The van der Waals surface area contributed by atoms with Crippen molar-refractivity contribution in [2.24, 2.45) is 0 Å². The van der Waals surface area contributed by atoms with Crippen molar-refractivity contribution < 1.29 is 9.59 Å². The number of amides is 4. The van der Waals surface area contributed by atoms with Crippen LogP contribution in [-0.4, -0.2) is 65.1 Å². The van der Waals surface area contributed by atoms with Gasteiger partial charge in [-0.2, -0.15) is 0 Å². The number of aromatic nitrogens is 2. The maximum absolute atomic E-state index is 12.8. The molecule has 0 bridgehead atoms. The Morgan fingerprint density at radius 3 is 2.86 bits per heavy atom. The maximum Gasteiger partial charge on any atom is 0.324 e. The predicted octanol–water partition coefficient (Wildman–Crippen LogP) is 2.76. The van der Waals surface area contributed by atoms with Crippen molar-refractivity contribution in [2.75, 3.05) is 43.4 Å². The first-order valence-electron chi connectivity index (χ1n) is 9.56. The third kappa shape index (κ3) is 3.76. The lowest BCUT2D eigenvalue weighted by Gasteiger charge is -2.32. The lowest BCUT2D eigenvalue weighted by atomic mass is 9.95. The van der Waals surface area contributed by atoms with Gasteiger partial charge in [-0.25, -0.2) is 19.6 Å². The molecule has 28 heavy (non-hydrogen) atoms. The normalized spacial score (nSPS) is 19.8. The molecule has 3 heterocycles. The van der Waals surface area contributed by atoms with Crippen LogP contribution in [0.3, 0.4) is 0 Å². The summed E-state index contributed by atoms with van der Waals surface area (Å²) in [6.07, 6.45) is 5.25. The first-order chi connectivity index (χ1) is 13.6. The van der Waals surface area contributed by atoms with E-state index in [-0.39, 0.29) is 18.0 Å². The van der Waals surface area contributed by atoms with Gasteiger partial charge in [-0.1, -0.05) is 6.07 Å². The largest absolute Gasteiger partial charge is 0.326 e. The second-order valence-electron chi connectivity index (χ2n) is 7.26. The SMILES string of the molecule is CN1CCN(c2cccc(NC(=O)N3CCCC(c4ccncn4)C3)c2)C1=O. The number of anilines is 2. The number of hydrogen-bond acceptors (Lipinski definition) is 4. The third-order valence-electron chi connectivity index (χ3n) is 5.36. The van der Waals surface area contributed by atoms with Gasteiger partial charge >= 0.3 is 12.1 Å². The molecule has 2 aliphatic rings. The van der Waals surface area contributed by atoms with Crippen molar-refractivity contribution in [2.45, 2.75) is 18.8 Å². The van der Waals surface area contributed by atoms with Crippen LogP contribution in [0.25, 0.3) is 0 Å². The Morgan fingerprint density at radius 2 is 2.11 bits per heavy atom. The first kappa shape index (κ1) is 18.2. The second kappa shape index (κ2) is 7.84. The van der Waals surface area contributed by atoms with Crippen molar-refractivity contribution in [1.82, 2.24) is 19.8 Å². The molecule has 1 atom stereocenters. The number of benzene rings is 1. The summed E-state index contributed by atoms with van der Waals surface area (Å²) >= 11 is 0. The minimum Gasteiger partial charge on any atom is -0.326 e. The van der Waals surface area contributed by atoms with Crippen LogP contribution in [0.4, 0.5) is 21.0 Å². The molecule has 0 spiro atoms. The van der Waals surface area contributed by atoms with Gasteiger partial charge < -0.3 is 15.1 Å². The number of rotatable bonds is 3. The summed E-state index contributed by atoms with van der Waals surface area (Å²) in [5.41, 5.74) is 2.46. The van der Waals surface area contributed by atoms with E-state index in [9.17, 15) is 9.59 Å². The minimum atomic E-state index is -0.124. The zero-order valence-electron chi connectivity index (χ0n) is 15.9. The number of carbonyl (C=O) groups is 2. The Bertz CT molecular complexity index is 859. The van der Waals surface area contributed by atoms with E-state index >= 15 is 0 Å². The molecule has 1 N–H and O–H groups in total. The van der Waals surface area contributed by atoms with Crippen molar-refractivity contribution >= 4 is 23.4 Å². The fourth-order valence-corrected chi connectivity index (χ4v) is 3.79. The van der Waals surface area contributed by atoms with Crippen LogP contribution in [-0.2, 0) is 0 Å². The van der Waals surface area contributed by atoms with E-state index in [1.165, 1.54) is 0 Å². The van der Waals surface area contributed by atoms with Crippen LogP contribution in [0.15, 0.2) is 42.9 Å². The highest BCUT2D eigenvalue weighted by atomic mass is 16.2. The van der Waals surface area contributed by atoms with Gasteiger partial charge in [-0.3, -0.25) is 4.90 Å². The number of urea groups is 2. The van der Waals surface area contributed by atoms with Gasteiger partial charge in [0.2, 0.25) is 0 Å². The zero-order chi connectivity index (χ0) is 19.5. The number of nitrogens with zero attached hydrogens (tertiary/aromatic N) is 5. The number of piperidine rings is 1. The summed E-state index contributed by atoms with van der Waals surface area (Å²) in [5, 5.41) is 2.98. The highest BCUT2D eigenvalue weighted by Gasteiger charge is 2.28. The molecule has 2 aliphatic heterocycles. The zero-order valence-corrected chi connectivity index (χ0v) is 15.9. The predicted molar refractivity (Wildman–Crippen MR) is 106 cm³/mol. The third-order valence-corrected chi connectivity index (χ3v) is 5.36. The number of nitrogens with one attached hydrogen (secondary N) is 1. The number of hydrogen-bond donors (Lipinski definition) is 1. The van der Waals surface area contributed by atoms with E-state index in [1.807, 2.05) is 35.2 Å². The van der Waals surface area contributed by atoms with Crippen molar-refractivity contribution in [3.05, 3.63) is 48.5 Å². The molecule has 146 valence electrons. The van der Waals surface area contributed by atoms with Crippen LogP contribution in [0, 0.1) is 0 Å². The molecule has 0 radical (unpaired) electrons. The average molecular weight is 380 g/mol. The molecular formula is C20H24N6O2. The van der Waals surface area contributed by atoms with Gasteiger partial charge in [0, 0.05) is 62.4 Å². The molecule has 8 nitrogen and oxygen atoms in total. The summed E-state index contributed by atoms with van der Waals surface area (Å²) in [4.78, 5) is 38.5. The Labute approximate surface area is 164 Å². The Balaban J connectivity index is 1.42. The van der Waals surface area contributed by atoms with E-state index < -0.39 is 0 Å². The Kier molecular flexibility index (Phi) is 5.10. The van der Waals surface area contributed by atoms with Gasteiger partial charge in [-0.15, -0.1) is 0 Å². The summed E-state index contributed by atoms with van der Waals surface area (Å²) in [6.45, 7) is 2.72. The standard InChI is InChI=1S/C20H24N6O2/c1-24-10-11-26(20(24)28)17-6-2-5-16(12-17)23-19(27)25-9-3-4-15(13-25)18-7-8-21-14-22-18/h2,5-8,12,14-15H,3-4,9-11,13H2,1H3,(H,23,27). The van der Waals surface area contributed by atoms with Crippen LogP contribution in [0.2, 0.25) is 0 Å². The van der Waals surface area contributed by atoms with Gasteiger partial charge in [0.05, 0.1) is 0 Å². The van der Waals surface area contributed by atoms with Crippen molar-refractivity contribution in [3.8, 4) is 0 Å². The summed E-state index contributed by atoms with van der Waals surface area (Å²) in [5.74, 6) is 0.228. The van der Waals surface area contributed by atoms with Crippen LogP contribution in [0.1, 0.15) is 24.5 Å². The topological polar surface area (TPSA) is 81.7 Å². The van der Waals surface area contributed by atoms with Crippen LogP contribution < -0.4 is 10.2 Å². The van der Waals surface area contributed by atoms with Gasteiger partial charge in [0.25, 0.3) is 0 Å². The van der Waals surface area contributed by atoms with E-state index in [2.05, 4.69) is 15.3 Å². The molecule has 2 aromatic rings. The Morgan fingerprint density at radius 1 is 1.21 bits per heavy atom. The van der Waals surface area contributed by atoms with E-state index in [4.69, 9.17) is 0 Å². The molecule has 4 rings (SSSR count). The molecule has 1 unspecified atom stereocenters. The fourth-order valence-electron chi connectivity index (χ4n) is 3.79. The molecular weight excluding hydrogens is 356 g/mol. The monoisotopic (exact) mass is 380 g/mol. The summed E-state index contributed by atoms with van der Waals surface area (Å²) in [6, 6.07) is 9.21. The van der Waals surface area contributed by atoms with E-state index in [1.54, 1.807) is 29.4 Å². The van der Waals surface area contributed by atoms with Crippen molar-refractivity contribution in [1.29, 1.82) is 0 Å². The average Bonchev–Trinajstić information content (AvgIpc) is 3.07. The minimum absolute atomic E-state index is 0.0211. The quantitative estimate of drug-likeness (QED) is 0.888. The highest BCUT2D eigenvalue weighted by molar-refractivity contribution is 5.95. The van der Waals surface area contributed by atoms with E-state index in [0.29, 0.717) is 25.3 Å². The second-order valence-corrected chi connectivity index (χ2v) is 7.26. The van der Waals surface area contributed by atoms with Crippen LogP contribution in [0.5, 0.6) is 0 Å². The summed E-state index contributed by atoms with van der Waals surface area (Å²) < 4.78 is 0. The Hall–Kier alpha value is -3.16. The lowest BCUT2D eigenvalue weighted by molar-refractivity contribution is 0.192. The number of likely N-dealkylation sites (N-methyl/N-ethyl adjacent to an activating group) is 1. The summed E-state index contributed by atoms with van der Waals surface area (Å²) in [7, 11) is 1.79. The first-order valence-corrected chi connectivity index (χ1v) is 9.56. The maximum atomic E-state index is 12.8. The molecule has 0 aliphatic carbocycles. The molecule has 1 aromatic carbocycles.